The molecular weight excluding hydrogens is 446 g/mol. The Morgan fingerprint density at radius 3 is 1.76 bits per heavy atom. The summed E-state index contributed by atoms with van der Waals surface area (Å²) in [7, 11) is -4.17. The summed E-state index contributed by atoms with van der Waals surface area (Å²) in [4.78, 5) is 12.5. The van der Waals surface area contributed by atoms with Crippen molar-refractivity contribution in [3.05, 3.63) is 135 Å². The fourth-order valence-corrected chi connectivity index (χ4v) is 4.23. The number of nitrogens with zero attached hydrogens (tertiary/aromatic N) is 1. The predicted molar refractivity (Wildman–Crippen MR) is 136 cm³/mol. The van der Waals surface area contributed by atoms with Crippen LogP contribution in [-0.4, -0.2) is 13.1 Å². The summed E-state index contributed by atoms with van der Waals surface area (Å²) in [6.45, 7) is 1.77. The summed E-state index contributed by atoms with van der Waals surface area (Å²) in [6, 6.07) is 28.6. The highest BCUT2D eigenvalue weighted by Crippen LogP contribution is 2.14. The first-order valence-corrected chi connectivity index (χ1v) is 12.1. The first-order chi connectivity index (χ1) is 16.4. The monoisotopic (exact) mass is 469 g/mol. The Hall–Kier alpha value is -4.16. The van der Waals surface area contributed by atoms with Gasteiger partial charge in [-0.3, -0.25) is 9.08 Å². The first-order valence-electron chi connectivity index (χ1n) is 10.7. The summed E-state index contributed by atoms with van der Waals surface area (Å²) in [5.74, 6) is 0. The Morgan fingerprint density at radius 1 is 0.676 bits per heavy atom. The highest BCUT2D eigenvalue weighted by molar-refractivity contribution is 7.87. The molecule has 0 spiro atoms. The molecule has 0 unspecified atom stereocenters. The van der Waals surface area contributed by atoms with E-state index >= 15 is 0 Å². The van der Waals surface area contributed by atoms with Crippen LogP contribution in [0.2, 0.25) is 0 Å². The van der Waals surface area contributed by atoms with Crippen LogP contribution in [0.3, 0.4) is 0 Å². The van der Waals surface area contributed by atoms with Gasteiger partial charge in [-0.25, -0.2) is 0 Å². The van der Waals surface area contributed by atoms with Gasteiger partial charge in [-0.05, 0) is 53.5 Å². The molecule has 0 saturated carbocycles. The van der Waals surface area contributed by atoms with Crippen molar-refractivity contribution >= 4 is 34.4 Å². The van der Waals surface area contributed by atoms with E-state index in [2.05, 4.69) is 0 Å². The average Bonchev–Trinajstić information content (AvgIpc) is 2.85. The lowest BCUT2D eigenvalue weighted by Gasteiger charge is -2.12. The largest absolute Gasteiger partial charge is 0.357 e. The molecule has 0 amide bonds. The molecule has 0 radical (unpaired) electrons. The fraction of sp³-hybridized carbons (Fsp3) is 0.0357. The molecule has 3 aromatic carbocycles. The lowest BCUT2D eigenvalue weighted by Crippen LogP contribution is -2.32. The number of benzene rings is 3. The second-order valence-electron chi connectivity index (χ2n) is 7.68. The minimum Gasteiger partial charge on any atom is -0.280 e. The molecule has 0 N–H and O–H groups in total. The Balaban J connectivity index is 1.57. The Bertz CT molecular complexity index is 1490. The quantitative estimate of drug-likeness (QED) is 0.344. The molecule has 0 saturated heterocycles. The maximum absolute atomic E-state index is 12.7. The highest BCUT2D eigenvalue weighted by Gasteiger charge is 2.18. The molecule has 1 aromatic heterocycles. The molecule has 0 aliphatic carbocycles. The van der Waals surface area contributed by atoms with E-state index < -0.39 is 15.7 Å². The summed E-state index contributed by atoms with van der Waals surface area (Å²) < 4.78 is 31.3. The second kappa shape index (κ2) is 10.2. The van der Waals surface area contributed by atoms with Crippen molar-refractivity contribution in [2.24, 2.45) is 0 Å². The molecule has 0 atom stereocenters. The van der Waals surface area contributed by atoms with E-state index in [9.17, 15) is 13.2 Å². The molecule has 5 nitrogen and oxygen atoms in total. The molecule has 34 heavy (non-hydrogen) atoms. The van der Waals surface area contributed by atoms with E-state index in [1.807, 2.05) is 66.7 Å². The van der Waals surface area contributed by atoms with E-state index in [4.69, 9.17) is 4.28 Å². The van der Waals surface area contributed by atoms with Crippen LogP contribution in [-0.2, 0) is 10.1 Å². The number of aromatic nitrogens is 1. The highest BCUT2D eigenvalue weighted by atomic mass is 32.2. The lowest BCUT2D eigenvalue weighted by atomic mass is 10.1. The zero-order chi connectivity index (χ0) is 24.0. The third-order valence-electron chi connectivity index (χ3n) is 5.02. The van der Waals surface area contributed by atoms with Crippen molar-refractivity contribution in [1.29, 1.82) is 0 Å². The number of hydrogen-bond acceptors (Lipinski definition) is 4. The van der Waals surface area contributed by atoms with Crippen molar-refractivity contribution in [2.75, 3.05) is 0 Å². The van der Waals surface area contributed by atoms with Crippen LogP contribution in [0.5, 0.6) is 0 Å². The Morgan fingerprint density at radius 2 is 1.18 bits per heavy atom. The molecule has 4 aromatic rings. The van der Waals surface area contributed by atoms with Gasteiger partial charge in [0.15, 0.2) is 0 Å². The van der Waals surface area contributed by atoms with Gasteiger partial charge in [-0.2, -0.15) is 8.42 Å². The van der Waals surface area contributed by atoms with E-state index in [-0.39, 0.29) is 4.90 Å². The van der Waals surface area contributed by atoms with Gasteiger partial charge in [0.2, 0.25) is 0 Å². The van der Waals surface area contributed by atoms with Crippen molar-refractivity contribution in [1.82, 2.24) is 4.73 Å². The summed E-state index contributed by atoms with van der Waals surface area (Å²) in [5, 5.41) is 0. The van der Waals surface area contributed by atoms with Crippen LogP contribution in [0.4, 0.5) is 0 Å². The van der Waals surface area contributed by atoms with Gasteiger partial charge < -0.3 is 0 Å². The molecule has 1 heterocycles. The van der Waals surface area contributed by atoms with Crippen molar-refractivity contribution in [2.45, 2.75) is 11.8 Å². The van der Waals surface area contributed by atoms with Gasteiger partial charge in [-0.1, -0.05) is 91.0 Å². The van der Waals surface area contributed by atoms with Crippen LogP contribution in [0.25, 0.3) is 24.3 Å². The van der Waals surface area contributed by atoms with Crippen LogP contribution >= 0.6 is 0 Å². The number of hydrogen-bond donors (Lipinski definition) is 0. The third-order valence-corrected chi connectivity index (χ3v) is 6.21. The number of pyridine rings is 1. The SMILES string of the molecule is Cc1cc(/C=C/c2ccc(/C=C/c3ccccc3)cc2)n(OS(=O)(=O)c2ccccc2)c(=O)c1. The second-order valence-corrected chi connectivity index (χ2v) is 9.20. The molecule has 6 heteroatoms. The summed E-state index contributed by atoms with van der Waals surface area (Å²) >= 11 is 0. The molecule has 0 aliphatic rings. The standard InChI is InChI=1S/C28H23NO4S/c1-22-20-26(29(28(30)21-22)33-34(31,32)27-10-6-3-7-11-27)19-18-25-16-14-24(15-17-25)13-12-23-8-4-2-5-9-23/h2-21H,1H3/b13-12+,19-18+. The first kappa shape index (κ1) is 23.0. The van der Waals surface area contributed by atoms with Gasteiger partial charge in [0.25, 0.3) is 5.56 Å². The smallest absolute Gasteiger partial charge is 0.280 e. The van der Waals surface area contributed by atoms with E-state index in [0.717, 1.165) is 21.4 Å². The molecule has 0 fully saturated rings. The van der Waals surface area contributed by atoms with Crippen LogP contribution in [0, 0.1) is 6.92 Å². The normalized spacial score (nSPS) is 11.8. The maximum atomic E-state index is 12.7. The van der Waals surface area contributed by atoms with Gasteiger partial charge in [0.1, 0.15) is 4.90 Å². The summed E-state index contributed by atoms with van der Waals surface area (Å²) in [5.41, 5.74) is 3.50. The zero-order valence-corrected chi connectivity index (χ0v) is 19.4. The van der Waals surface area contributed by atoms with Crippen molar-refractivity contribution < 1.29 is 12.7 Å². The summed E-state index contributed by atoms with van der Waals surface area (Å²) in [6.07, 6.45) is 7.53. The molecule has 4 rings (SSSR count). The molecule has 0 bridgehead atoms. The third kappa shape index (κ3) is 5.79. The van der Waals surface area contributed by atoms with E-state index in [0.29, 0.717) is 11.3 Å². The zero-order valence-electron chi connectivity index (χ0n) is 18.5. The van der Waals surface area contributed by atoms with E-state index in [1.54, 1.807) is 43.3 Å². The van der Waals surface area contributed by atoms with Crippen LogP contribution in [0.15, 0.2) is 107 Å². The molecule has 170 valence electrons. The van der Waals surface area contributed by atoms with Gasteiger partial charge in [-0.15, -0.1) is 4.73 Å². The fourth-order valence-electron chi connectivity index (χ4n) is 3.29. The van der Waals surface area contributed by atoms with Crippen molar-refractivity contribution in [3.8, 4) is 0 Å². The minimum absolute atomic E-state index is 0.0310. The maximum Gasteiger partial charge on any atom is 0.357 e. The van der Waals surface area contributed by atoms with Crippen LogP contribution in [0.1, 0.15) is 27.9 Å². The number of aryl methyl sites for hydroxylation is 1. The average molecular weight is 470 g/mol. The minimum atomic E-state index is -4.17. The topological polar surface area (TPSA) is 65.4 Å². The van der Waals surface area contributed by atoms with Crippen molar-refractivity contribution in [3.63, 3.8) is 0 Å². The van der Waals surface area contributed by atoms with E-state index in [1.165, 1.54) is 18.2 Å². The lowest BCUT2D eigenvalue weighted by molar-refractivity contribution is 0.264. The Labute approximate surface area is 199 Å². The predicted octanol–water partition coefficient (Wildman–Crippen LogP) is 5.32. The number of rotatable bonds is 7. The van der Waals surface area contributed by atoms with Crippen LogP contribution < -0.4 is 9.84 Å². The molecule has 0 aliphatic heterocycles. The Kier molecular flexibility index (Phi) is 6.90. The van der Waals surface area contributed by atoms with Gasteiger partial charge in [0.05, 0.1) is 5.69 Å². The van der Waals surface area contributed by atoms with Gasteiger partial charge >= 0.3 is 10.1 Å². The molecular formula is C28H23NO4S. The van der Waals surface area contributed by atoms with Gasteiger partial charge in [0, 0.05) is 6.07 Å².